The number of aliphatic hydroxyl groups is 3. The molecule has 2 aromatic heterocycles. The number of aromatic nitrogens is 4. The maximum atomic E-state index is 11.2. The van der Waals surface area contributed by atoms with Gasteiger partial charge in [-0.05, 0) is 29.3 Å². The molecule has 3 aromatic rings. The fourth-order valence-electron chi connectivity index (χ4n) is 3.28. The first-order valence-electron chi connectivity index (χ1n) is 9.04. The van der Waals surface area contributed by atoms with Gasteiger partial charge in [0.25, 0.3) is 0 Å². The normalized spacial score (nSPS) is 23.7. The molecular weight excluding hydrogens is 416 g/mol. The maximum Gasteiger partial charge on any atom is 0.248 e. The Morgan fingerprint density at radius 3 is 2.60 bits per heavy atom. The van der Waals surface area contributed by atoms with Crippen LogP contribution in [0.5, 0.6) is 0 Å². The molecule has 30 heavy (non-hydrogen) atoms. The highest BCUT2D eigenvalue weighted by Gasteiger charge is 2.44. The first kappa shape index (κ1) is 20.4. The summed E-state index contributed by atoms with van der Waals surface area (Å²) in [6.45, 7) is -0.0827. The summed E-state index contributed by atoms with van der Waals surface area (Å²) < 4.78 is 6.97. The zero-order chi connectivity index (χ0) is 21.4. The summed E-state index contributed by atoms with van der Waals surface area (Å²) in [5.74, 6) is -0.149. The molecule has 2 unspecified atom stereocenters. The molecule has 0 aliphatic carbocycles. The Hall–Kier alpha value is -2.83. The van der Waals surface area contributed by atoms with Crippen molar-refractivity contribution in [1.29, 1.82) is 0 Å². The van der Waals surface area contributed by atoms with Crippen molar-refractivity contribution in [2.45, 2.75) is 31.1 Å². The van der Waals surface area contributed by atoms with Crippen LogP contribution in [0.25, 0.3) is 11.2 Å². The lowest BCUT2D eigenvalue weighted by molar-refractivity contribution is -0.0511. The second-order valence-electron chi connectivity index (χ2n) is 6.81. The number of fused-ring (bicyclic) bond motifs is 1. The van der Waals surface area contributed by atoms with Crippen molar-refractivity contribution >= 4 is 34.5 Å². The molecule has 0 bridgehead atoms. The van der Waals surface area contributed by atoms with E-state index in [0.717, 1.165) is 5.56 Å². The van der Waals surface area contributed by atoms with Crippen LogP contribution in [-0.4, -0.2) is 65.7 Å². The molecule has 3 heterocycles. The summed E-state index contributed by atoms with van der Waals surface area (Å²) in [6.07, 6.45) is -3.07. The fourth-order valence-corrected chi connectivity index (χ4v) is 3.45. The summed E-state index contributed by atoms with van der Waals surface area (Å²) >= 11 is 6.07. The molecule has 4 rings (SSSR count). The number of halogens is 1. The van der Waals surface area contributed by atoms with Crippen LogP contribution in [0.4, 0.5) is 5.82 Å². The number of ether oxygens (including phenoxy) is 1. The van der Waals surface area contributed by atoms with Gasteiger partial charge in [0.1, 0.15) is 18.3 Å². The van der Waals surface area contributed by atoms with E-state index in [0.29, 0.717) is 23.4 Å². The van der Waals surface area contributed by atoms with E-state index in [-0.39, 0.29) is 10.9 Å². The molecule has 158 valence electrons. The Bertz CT molecular complexity index is 1070. The van der Waals surface area contributed by atoms with E-state index in [4.69, 9.17) is 22.1 Å². The predicted molar refractivity (Wildman–Crippen MR) is 106 cm³/mol. The van der Waals surface area contributed by atoms with Crippen molar-refractivity contribution in [2.75, 3.05) is 11.9 Å². The lowest BCUT2D eigenvalue weighted by Crippen LogP contribution is -2.33. The van der Waals surface area contributed by atoms with Crippen LogP contribution in [0.15, 0.2) is 30.6 Å². The Morgan fingerprint density at radius 1 is 1.23 bits per heavy atom. The highest BCUT2D eigenvalue weighted by atomic mass is 35.5. The van der Waals surface area contributed by atoms with Gasteiger partial charge in [-0.3, -0.25) is 9.36 Å². The number of hydrogen-bond donors (Lipinski definition) is 5. The van der Waals surface area contributed by atoms with E-state index in [9.17, 15) is 20.1 Å². The van der Waals surface area contributed by atoms with Crippen LogP contribution in [0.1, 0.15) is 22.1 Å². The van der Waals surface area contributed by atoms with Gasteiger partial charge in [0.2, 0.25) is 11.2 Å². The molecule has 1 aromatic carbocycles. The van der Waals surface area contributed by atoms with Gasteiger partial charge in [0, 0.05) is 12.1 Å². The number of amides is 1. The van der Waals surface area contributed by atoms with E-state index in [1.807, 2.05) is 0 Å². The Balaban J connectivity index is 1.60. The molecular formula is C18H19ClN6O5. The van der Waals surface area contributed by atoms with Crippen LogP contribution < -0.4 is 11.1 Å². The lowest BCUT2D eigenvalue weighted by atomic mass is 10.1. The minimum Gasteiger partial charge on any atom is -0.394 e. The van der Waals surface area contributed by atoms with Gasteiger partial charge in [-0.1, -0.05) is 12.1 Å². The number of nitrogens with two attached hydrogens (primary N) is 1. The molecule has 6 N–H and O–H groups in total. The number of carbonyl (C=O) groups is 1. The first-order valence-corrected chi connectivity index (χ1v) is 9.42. The topological polar surface area (TPSA) is 169 Å². The number of imidazole rings is 1. The fraction of sp³-hybridized carbons (Fsp3) is 0.333. The van der Waals surface area contributed by atoms with Crippen molar-refractivity contribution in [3.63, 3.8) is 0 Å². The van der Waals surface area contributed by atoms with Crippen molar-refractivity contribution in [3.8, 4) is 0 Å². The molecule has 1 amide bonds. The lowest BCUT2D eigenvalue weighted by Gasteiger charge is -2.16. The van der Waals surface area contributed by atoms with Gasteiger partial charge in [-0.25, -0.2) is 4.98 Å². The molecule has 1 aliphatic heterocycles. The smallest absolute Gasteiger partial charge is 0.248 e. The van der Waals surface area contributed by atoms with Crippen LogP contribution in [-0.2, 0) is 11.3 Å². The molecule has 1 fully saturated rings. The maximum absolute atomic E-state index is 11.2. The number of primary amides is 1. The SMILES string of the molecule is NC(=O)c1ccc(CNc2nc(Cl)nc3c2ncn3[C@@H]2O[C@H](CO)C(O)C2O)cc1. The minimum atomic E-state index is -1.28. The third-order valence-corrected chi connectivity index (χ3v) is 5.05. The summed E-state index contributed by atoms with van der Waals surface area (Å²) in [4.78, 5) is 23.8. The van der Waals surface area contributed by atoms with Crippen LogP contribution in [0.3, 0.4) is 0 Å². The van der Waals surface area contributed by atoms with E-state index < -0.39 is 37.1 Å². The number of nitrogens with one attached hydrogen (secondary N) is 1. The molecule has 12 heteroatoms. The van der Waals surface area contributed by atoms with E-state index >= 15 is 0 Å². The van der Waals surface area contributed by atoms with Crippen molar-refractivity contribution in [3.05, 3.63) is 47.0 Å². The number of aliphatic hydroxyl groups excluding tert-OH is 3. The quantitative estimate of drug-likeness (QED) is 0.330. The monoisotopic (exact) mass is 434 g/mol. The van der Waals surface area contributed by atoms with Crippen molar-refractivity contribution in [2.24, 2.45) is 5.73 Å². The van der Waals surface area contributed by atoms with E-state index in [1.54, 1.807) is 24.3 Å². The van der Waals surface area contributed by atoms with Gasteiger partial charge < -0.3 is 31.1 Å². The van der Waals surface area contributed by atoms with Crippen LogP contribution in [0.2, 0.25) is 5.28 Å². The molecule has 11 nitrogen and oxygen atoms in total. The minimum absolute atomic E-state index is 0.0532. The number of hydrogen-bond acceptors (Lipinski definition) is 9. The highest BCUT2D eigenvalue weighted by molar-refractivity contribution is 6.28. The van der Waals surface area contributed by atoms with Gasteiger partial charge >= 0.3 is 0 Å². The average molecular weight is 435 g/mol. The first-order chi connectivity index (χ1) is 14.4. The van der Waals surface area contributed by atoms with Gasteiger partial charge in [0.15, 0.2) is 23.2 Å². The predicted octanol–water partition coefficient (Wildman–Crippen LogP) is -0.198. The molecule has 0 saturated carbocycles. The number of nitrogens with zero attached hydrogens (tertiary/aromatic N) is 4. The third kappa shape index (κ3) is 3.68. The number of carbonyl (C=O) groups excluding carboxylic acids is 1. The Morgan fingerprint density at radius 2 is 1.97 bits per heavy atom. The van der Waals surface area contributed by atoms with E-state index in [1.165, 1.54) is 10.9 Å². The van der Waals surface area contributed by atoms with Gasteiger partial charge in [-0.15, -0.1) is 0 Å². The molecule has 1 saturated heterocycles. The standard InChI is InChI=1S/C18H19ClN6O5/c19-18-23-15(21-5-8-1-3-9(4-2-8)14(20)29)11-16(24-18)25(7-22-11)17-13(28)12(27)10(6-26)30-17/h1-4,7,10,12-13,17,26-28H,5-6H2,(H2,20,29)(H,21,23,24)/t10-,12?,13?,17-/m1/s1. The molecule has 0 spiro atoms. The Kier molecular flexibility index (Phi) is 5.54. The van der Waals surface area contributed by atoms with Crippen LogP contribution in [0, 0.1) is 0 Å². The number of anilines is 1. The average Bonchev–Trinajstić information content (AvgIpc) is 3.27. The van der Waals surface area contributed by atoms with E-state index in [2.05, 4.69) is 20.3 Å². The second-order valence-corrected chi connectivity index (χ2v) is 7.15. The highest BCUT2D eigenvalue weighted by Crippen LogP contribution is 2.32. The second kappa shape index (κ2) is 8.13. The molecule has 0 radical (unpaired) electrons. The Labute approximate surface area is 175 Å². The van der Waals surface area contributed by atoms with Gasteiger partial charge in [-0.2, -0.15) is 9.97 Å². The molecule has 4 atom stereocenters. The van der Waals surface area contributed by atoms with Gasteiger partial charge in [0.05, 0.1) is 12.9 Å². The number of benzene rings is 1. The zero-order valence-corrected chi connectivity index (χ0v) is 16.3. The summed E-state index contributed by atoms with van der Waals surface area (Å²) in [6, 6.07) is 6.76. The van der Waals surface area contributed by atoms with Crippen molar-refractivity contribution in [1.82, 2.24) is 19.5 Å². The van der Waals surface area contributed by atoms with Crippen molar-refractivity contribution < 1.29 is 24.9 Å². The summed E-state index contributed by atoms with van der Waals surface area (Å²) in [5, 5.41) is 32.6. The molecule has 1 aliphatic rings. The number of rotatable bonds is 6. The third-order valence-electron chi connectivity index (χ3n) is 4.88. The summed E-state index contributed by atoms with van der Waals surface area (Å²) in [5.41, 5.74) is 7.18. The zero-order valence-electron chi connectivity index (χ0n) is 15.5. The largest absolute Gasteiger partial charge is 0.394 e. The summed E-state index contributed by atoms with van der Waals surface area (Å²) in [7, 11) is 0. The van der Waals surface area contributed by atoms with Crippen LogP contribution >= 0.6 is 11.6 Å².